The smallest absolute Gasteiger partial charge is 0.0619 e. The van der Waals surface area contributed by atoms with Crippen molar-refractivity contribution in [3.63, 3.8) is 0 Å². The van der Waals surface area contributed by atoms with Crippen LogP contribution in [0.15, 0.2) is 255 Å². The van der Waals surface area contributed by atoms with Gasteiger partial charge in [-0.25, -0.2) is 0 Å². The summed E-state index contributed by atoms with van der Waals surface area (Å²) in [5.41, 5.74) is 23.0. The lowest BCUT2D eigenvalue weighted by molar-refractivity contribution is 0.0426. The Balaban J connectivity index is 0.868. The van der Waals surface area contributed by atoms with Gasteiger partial charge in [-0.1, -0.05) is 220 Å². The summed E-state index contributed by atoms with van der Waals surface area (Å²) in [5.74, 6) is 2.80. The zero-order valence-corrected chi connectivity index (χ0v) is 45.8. The topological polar surface area (TPSA) is 9.86 Å². The van der Waals surface area contributed by atoms with E-state index in [2.05, 4.69) is 278 Å². The van der Waals surface area contributed by atoms with E-state index in [4.69, 9.17) is 0 Å². The Kier molecular flexibility index (Phi) is 10.3. The fourth-order valence-electron chi connectivity index (χ4n) is 16.7. The maximum Gasteiger partial charge on any atom is 0.0619 e. The van der Waals surface area contributed by atoms with Crippen LogP contribution in [-0.4, -0.2) is 9.13 Å². The van der Waals surface area contributed by atoms with Crippen LogP contribution in [0.1, 0.15) is 50.7 Å². The van der Waals surface area contributed by atoms with E-state index in [1.165, 1.54) is 152 Å². The second-order valence-corrected chi connectivity index (χ2v) is 24.2. The fraction of sp³-hybridized carbons (Fsp3) is 0.139. The summed E-state index contributed by atoms with van der Waals surface area (Å²) in [6.07, 6.45) is 5.33. The van der Waals surface area contributed by atoms with E-state index in [1.54, 1.807) is 11.1 Å². The molecule has 12 aromatic carbocycles. The first-order chi connectivity index (χ1) is 40.0. The summed E-state index contributed by atoms with van der Waals surface area (Å²) in [4.78, 5) is 0. The van der Waals surface area contributed by atoms with Crippen molar-refractivity contribution in [3.05, 3.63) is 266 Å². The van der Waals surface area contributed by atoms with Crippen LogP contribution in [-0.2, 0) is 5.41 Å². The molecule has 1 spiro atoms. The van der Waals surface area contributed by atoms with Crippen LogP contribution in [0.4, 0.5) is 0 Å². The number of hydrogen-bond acceptors (Lipinski definition) is 0. The van der Waals surface area contributed by atoms with Crippen molar-refractivity contribution in [1.29, 1.82) is 0 Å². The van der Waals surface area contributed by atoms with Gasteiger partial charge in [0.1, 0.15) is 0 Å². The summed E-state index contributed by atoms with van der Waals surface area (Å²) in [5, 5.41) is 10.1. The molecule has 14 aromatic rings. The average molecular weight is 1040 g/mol. The monoisotopic (exact) mass is 1040 g/mol. The summed E-state index contributed by atoms with van der Waals surface area (Å²) >= 11 is 0. The Hall–Kier alpha value is -9.24. The van der Waals surface area contributed by atoms with Crippen LogP contribution < -0.4 is 0 Å². The van der Waals surface area contributed by atoms with Gasteiger partial charge in [0.2, 0.25) is 0 Å². The van der Waals surface area contributed by atoms with Crippen LogP contribution >= 0.6 is 0 Å². The number of hydrogen-bond donors (Lipinski definition) is 0. The molecule has 2 heterocycles. The second kappa shape index (κ2) is 17.9. The summed E-state index contributed by atoms with van der Waals surface area (Å²) < 4.78 is 5.08. The Morgan fingerprint density at radius 1 is 0.321 bits per heavy atom. The molecule has 2 aromatic heterocycles. The third-order valence-electron chi connectivity index (χ3n) is 19.8. The second-order valence-electron chi connectivity index (χ2n) is 24.2. The molecule has 81 heavy (non-hydrogen) atoms. The third-order valence-corrected chi connectivity index (χ3v) is 19.8. The van der Waals surface area contributed by atoms with Crippen molar-refractivity contribution >= 4 is 65.2 Å². The van der Waals surface area contributed by atoms with Gasteiger partial charge in [-0.2, -0.15) is 0 Å². The van der Waals surface area contributed by atoms with Crippen LogP contribution in [0.3, 0.4) is 0 Å². The van der Waals surface area contributed by atoms with E-state index in [1.807, 2.05) is 0 Å². The molecular formula is C79H60N2. The average Bonchev–Trinajstić information content (AvgIpc) is 4.22. The summed E-state index contributed by atoms with van der Waals surface area (Å²) in [7, 11) is 0. The highest BCUT2D eigenvalue weighted by Crippen LogP contribution is 2.65. The molecule has 5 unspecified atom stereocenters. The lowest BCUT2D eigenvalue weighted by Gasteiger charge is -2.54. The first-order valence-corrected chi connectivity index (χ1v) is 29.5. The zero-order chi connectivity index (χ0) is 53.5. The summed E-state index contributed by atoms with van der Waals surface area (Å²) in [6.45, 7) is 5.11. The first-order valence-electron chi connectivity index (χ1n) is 29.5. The number of para-hydroxylation sites is 2. The zero-order valence-electron chi connectivity index (χ0n) is 45.8. The normalized spacial score (nSPS) is 19.3. The molecule has 5 atom stereocenters. The van der Waals surface area contributed by atoms with Gasteiger partial charge < -0.3 is 9.13 Å². The Morgan fingerprint density at radius 3 is 1.44 bits per heavy atom. The van der Waals surface area contributed by atoms with Crippen molar-refractivity contribution in [2.45, 2.75) is 44.9 Å². The number of aromatic nitrogens is 2. The highest BCUT2D eigenvalue weighted by Gasteiger charge is 2.56. The van der Waals surface area contributed by atoms with E-state index in [0.717, 1.165) is 17.5 Å². The molecule has 2 saturated carbocycles. The molecule has 0 radical (unpaired) electrons. The number of benzene rings is 12. The molecule has 2 bridgehead atoms. The van der Waals surface area contributed by atoms with Crippen LogP contribution in [0.2, 0.25) is 0 Å². The minimum atomic E-state index is 0.0137. The number of fused-ring (bicyclic) bond motifs is 16. The molecule has 17 rings (SSSR count). The molecule has 0 aliphatic heterocycles. The van der Waals surface area contributed by atoms with Gasteiger partial charge in [0.15, 0.2) is 0 Å². The molecule has 3 aliphatic rings. The van der Waals surface area contributed by atoms with E-state index >= 15 is 0 Å². The lowest BCUT2D eigenvalue weighted by Crippen LogP contribution is -2.49. The predicted molar refractivity (Wildman–Crippen MR) is 342 cm³/mol. The third kappa shape index (κ3) is 6.86. The molecule has 2 heteroatoms. The van der Waals surface area contributed by atoms with Crippen LogP contribution in [0.5, 0.6) is 0 Å². The van der Waals surface area contributed by atoms with Crippen molar-refractivity contribution in [3.8, 4) is 67.0 Å². The van der Waals surface area contributed by atoms with Gasteiger partial charge in [0, 0.05) is 43.4 Å². The number of nitrogens with zero attached hydrogens (tertiary/aromatic N) is 2. The van der Waals surface area contributed by atoms with Crippen molar-refractivity contribution in [2.75, 3.05) is 0 Å². The quantitative estimate of drug-likeness (QED) is 0.147. The highest BCUT2D eigenvalue weighted by atomic mass is 15.0. The van der Waals surface area contributed by atoms with E-state index in [9.17, 15) is 0 Å². The van der Waals surface area contributed by atoms with E-state index < -0.39 is 0 Å². The maximum absolute atomic E-state index is 2.67. The molecule has 2 fully saturated rings. The van der Waals surface area contributed by atoms with Gasteiger partial charge in [-0.3, -0.25) is 0 Å². The molecule has 2 nitrogen and oxygen atoms in total. The Bertz CT molecular complexity index is 4760. The van der Waals surface area contributed by atoms with Crippen LogP contribution in [0.25, 0.3) is 132 Å². The SMILES string of the molecule is CC1CC2CC(C)C3(c4ccccc4-c4ccc(-c5c6ccccc6c(-n6c7ccccc7c7ccc(-c8ccc9c%10ccccc%10n(-c%10cc(-c%11ccccc%11)cc(-c%11ccccc%11)c%10)c9c8)cc76)c6ccccc56)cc43)C(C1)C2. The van der Waals surface area contributed by atoms with Gasteiger partial charge >= 0.3 is 0 Å². The van der Waals surface area contributed by atoms with Crippen LogP contribution in [0, 0.1) is 23.7 Å². The highest BCUT2D eigenvalue weighted by molar-refractivity contribution is 6.21. The molecule has 0 N–H and O–H groups in total. The molecule has 386 valence electrons. The van der Waals surface area contributed by atoms with Gasteiger partial charge in [0.05, 0.1) is 27.8 Å². The maximum atomic E-state index is 2.67. The number of rotatable bonds is 6. The van der Waals surface area contributed by atoms with Gasteiger partial charge in [0.25, 0.3) is 0 Å². The fourth-order valence-corrected chi connectivity index (χ4v) is 16.7. The first kappa shape index (κ1) is 46.7. The minimum Gasteiger partial charge on any atom is -0.309 e. The summed E-state index contributed by atoms with van der Waals surface area (Å²) in [6, 6.07) is 96.5. The van der Waals surface area contributed by atoms with Gasteiger partial charge in [-0.05, 0) is 175 Å². The van der Waals surface area contributed by atoms with E-state index in [0.29, 0.717) is 11.8 Å². The molecular weight excluding hydrogens is 977 g/mol. The predicted octanol–water partition coefficient (Wildman–Crippen LogP) is 21.2. The lowest BCUT2D eigenvalue weighted by atomic mass is 9.49. The molecule has 3 aliphatic carbocycles. The standard InChI is InChI=1S/C79H60N2/c1-49-39-51-41-50(2)79(59(40-49)42-51)71-30-16-13-23-61(71)62-36-35-56(46-72(62)79)77-67-26-9-11-28-69(67)78(70-29-12-10-27-68(70)77)81-74-32-18-15-25-64(74)66-38-34-55(48-76(66)81)54-33-37-65-63-24-14-17-31-73(63)80(75(65)47-54)60-44-57(52-19-5-3-6-20-52)43-58(45-60)53-21-7-4-8-22-53/h3-38,43-51,59H,39-42H2,1-2H3. The molecule has 0 saturated heterocycles. The molecule has 0 amide bonds. The Morgan fingerprint density at radius 2 is 0.815 bits per heavy atom. The Labute approximate surface area is 473 Å². The van der Waals surface area contributed by atoms with Crippen molar-refractivity contribution in [2.24, 2.45) is 23.7 Å². The van der Waals surface area contributed by atoms with Crippen molar-refractivity contribution < 1.29 is 0 Å². The van der Waals surface area contributed by atoms with Gasteiger partial charge in [-0.15, -0.1) is 0 Å². The largest absolute Gasteiger partial charge is 0.309 e. The van der Waals surface area contributed by atoms with Crippen molar-refractivity contribution in [1.82, 2.24) is 9.13 Å². The minimum absolute atomic E-state index is 0.0137. The van der Waals surface area contributed by atoms with E-state index in [-0.39, 0.29) is 5.41 Å².